The van der Waals surface area contributed by atoms with E-state index in [2.05, 4.69) is 59.9 Å². The lowest BCUT2D eigenvalue weighted by Crippen LogP contribution is -2.38. The van der Waals surface area contributed by atoms with E-state index in [9.17, 15) is 0 Å². The summed E-state index contributed by atoms with van der Waals surface area (Å²) in [4.78, 5) is 5.13. The number of nitrogens with one attached hydrogen (secondary N) is 1. The van der Waals surface area contributed by atoms with Crippen LogP contribution in [-0.2, 0) is 4.84 Å². The molecular formula is C21H24N2O. The Kier molecular flexibility index (Phi) is 4.11. The van der Waals surface area contributed by atoms with E-state index in [1.807, 2.05) is 0 Å². The van der Waals surface area contributed by atoms with Gasteiger partial charge in [-0.15, -0.1) is 0 Å². The minimum absolute atomic E-state index is 0.416. The Morgan fingerprint density at radius 3 is 2.79 bits per heavy atom. The fourth-order valence-electron chi connectivity index (χ4n) is 4.21. The Bertz CT molecular complexity index is 821. The topological polar surface area (TPSA) is 33.6 Å². The molecule has 124 valence electrons. The van der Waals surface area contributed by atoms with Gasteiger partial charge in [-0.3, -0.25) is 0 Å². The lowest BCUT2D eigenvalue weighted by Gasteiger charge is -2.29. The summed E-state index contributed by atoms with van der Waals surface area (Å²) in [6, 6.07) is 16.4. The van der Waals surface area contributed by atoms with E-state index in [4.69, 9.17) is 4.84 Å². The van der Waals surface area contributed by atoms with Gasteiger partial charge in [0.05, 0.1) is 5.71 Å². The molecule has 0 saturated carbocycles. The maximum absolute atomic E-state index is 5.13. The Balaban J connectivity index is 1.88. The number of benzene rings is 2. The first-order chi connectivity index (χ1) is 11.8. The Hall–Kier alpha value is -2.13. The van der Waals surface area contributed by atoms with E-state index >= 15 is 0 Å². The summed E-state index contributed by atoms with van der Waals surface area (Å²) in [5, 5.41) is 10.7. The summed E-state index contributed by atoms with van der Waals surface area (Å²) in [6.45, 7) is 2.16. The number of hydrogen-bond donors (Lipinski definition) is 1. The van der Waals surface area contributed by atoms with Crippen LogP contribution in [0.3, 0.4) is 0 Å². The fourth-order valence-corrected chi connectivity index (χ4v) is 4.21. The first kappa shape index (κ1) is 15.4. The van der Waals surface area contributed by atoms with Gasteiger partial charge in [0.2, 0.25) is 0 Å². The standard InChI is InChI=1S/C21H24N2O/c1-3-19(23-24-2)21-18(13-17-10-11-20(21)22-17)16-9-8-14-6-4-5-7-15(14)12-16/h4-9,12,17,20,22H,3,10-11,13H2,1-2H3/t17?,20-/m1/s1. The maximum Gasteiger partial charge on any atom is 0.106 e. The van der Waals surface area contributed by atoms with Crippen molar-refractivity contribution in [2.75, 3.05) is 7.11 Å². The number of fused-ring (bicyclic) bond motifs is 3. The molecule has 2 aliphatic heterocycles. The molecule has 2 aromatic rings. The average Bonchev–Trinajstić information content (AvgIpc) is 3.01. The first-order valence-electron chi connectivity index (χ1n) is 8.88. The molecule has 3 nitrogen and oxygen atoms in total. The van der Waals surface area contributed by atoms with Gasteiger partial charge in [-0.1, -0.05) is 48.5 Å². The zero-order chi connectivity index (χ0) is 16.5. The van der Waals surface area contributed by atoms with Crippen molar-refractivity contribution in [1.29, 1.82) is 0 Å². The molecule has 4 rings (SSSR count). The van der Waals surface area contributed by atoms with E-state index in [0.717, 1.165) is 18.6 Å². The lowest BCUT2D eigenvalue weighted by atomic mass is 9.86. The Morgan fingerprint density at radius 1 is 1.17 bits per heavy atom. The van der Waals surface area contributed by atoms with Crippen LogP contribution in [0, 0.1) is 0 Å². The normalized spacial score (nSPS) is 23.8. The molecule has 1 N–H and O–H groups in total. The highest BCUT2D eigenvalue weighted by Gasteiger charge is 2.36. The minimum atomic E-state index is 0.416. The lowest BCUT2D eigenvalue weighted by molar-refractivity contribution is 0.212. The molecule has 0 aromatic heterocycles. The van der Waals surface area contributed by atoms with Crippen molar-refractivity contribution < 1.29 is 4.84 Å². The molecule has 24 heavy (non-hydrogen) atoms. The highest BCUT2D eigenvalue weighted by molar-refractivity contribution is 6.08. The van der Waals surface area contributed by atoms with Crippen LogP contribution in [0.1, 0.15) is 38.2 Å². The van der Waals surface area contributed by atoms with Crippen LogP contribution >= 0.6 is 0 Å². The average molecular weight is 320 g/mol. The summed E-state index contributed by atoms with van der Waals surface area (Å²) in [6.07, 6.45) is 4.41. The van der Waals surface area contributed by atoms with Gasteiger partial charge in [0.15, 0.2) is 0 Å². The van der Waals surface area contributed by atoms with Crippen molar-refractivity contribution in [3.05, 3.63) is 53.6 Å². The van der Waals surface area contributed by atoms with Gasteiger partial charge in [0, 0.05) is 12.1 Å². The number of nitrogens with zero attached hydrogens (tertiary/aromatic N) is 1. The Labute approximate surface area is 143 Å². The number of hydrogen-bond acceptors (Lipinski definition) is 3. The summed E-state index contributed by atoms with van der Waals surface area (Å²) in [7, 11) is 1.64. The summed E-state index contributed by atoms with van der Waals surface area (Å²) >= 11 is 0. The molecule has 2 aliphatic rings. The van der Waals surface area contributed by atoms with Crippen LogP contribution in [0.15, 0.2) is 53.2 Å². The van der Waals surface area contributed by atoms with E-state index in [-0.39, 0.29) is 0 Å². The van der Waals surface area contributed by atoms with Gasteiger partial charge < -0.3 is 10.2 Å². The van der Waals surface area contributed by atoms with Gasteiger partial charge in [-0.05, 0) is 59.2 Å². The molecule has 0 aliphatic carbocycles. The summed E-state index contributed by atoms with van der Waals surface area (Å²) < 4.78 is 0. The predicted octanol–water partition coefficient (Wildman–Crippen LogP) is 4.53. The molecule has 2 aromatic carbocycles. The highest BCUT2D eigenvalue weighted by atomic mass is 16.6. The van der Waals surface area contributed by atoms with Crippen LogP contribution in [0.25, 0.3) is 16.3 Å². The zero-order valence-corrected chi connectivity index (χ0v) is 14.4. The molecule has 3 heteroatoms. The second kappa shape index (κ2) is 6.40. The molecule has 2 atom stereocenters. The molecule has 0 radical (unpaired) electrons. The second-order valence-electron chi connectivity index (χ2n) is 6.73. The second-order valence-corrected chi connectivity index (χ2v) is 6.73. The molecule has 2 bridgehead atoms. The fraction of sp³-hybridized carbons (Fsp3) is 0.381. The van der Waals surface area contributed by atoms with Crippen molar-refractivity contribution in [3.63, 3.8) is 0 Å². The van der Waals surface area contributed by atoms with Gasteiger partial charge in [-0.25, -0.2) is 0 Å². The highest BCUT2D eigenvalue weighted by Crippen LogP contribution is 2.39. The van der Waals surface area contributed by atoms with Gasteiger partial charge in [-0.2, -0.15) is 0 Å². The third-order valence-electron chi connectivity index (χ3n) is 5.31. The van der Waals surface area contributed by atoms with Crippen molar-refractivity contribution in [2.24, 2.45) is 5.16 Å². The smallest absolute Gasteiger partial charge is 0.106 e. The molecule has 2 heterocycles. The third kappa shape index (κ3) is 2.63. The monoisotopic (exact) mass is 320 g/mol. The molecule has 0 spiro atoms. The van der Waals surface area contributed by atoms with Gasteiger partial charge >= 0.3 is 0 Å². The van der Waals surface area contributed by atoms with E-state index in [1.165, 1.54) is 40.3 Å². The third-order valence-corrected chi connectivity index (χ3v) is 5.31. The first-order valence-corrected chi connectivity index (χ1v) is 8.88. The van der Waals surface area contributed by atoms with E-state index in [1.54, 1.807) is 7.11 Å². The zero-order valence-electron chi connectivity index (χ0n) is 14.4. The van der Waals surface area contributed by atoms with Crippen molar-refractivity contribution in [3.8, 4) is 0 Å². The maximum atomic E-state index is 5.13. The summed E-state index contributed by atoms with van der Waals surface area (Å²) in [5.41, 5.74) is 5.23. The predicted molar refractivity (Wildman–Crippen MR) is 100 cm³/mol. The Morgan fingerprint density at radius 2 is 2.00 bits per heavy atom. The van der Waals surface area contributed by atoms with Crippen LogP contribution < -0.4 is 5.32 Å². The van der Waals surface area contributed by atoms with Crippen molar-refractivity contribution in [1.82, 2.24) is 5.32 Å². The van der Waals surface area contributed by atoms with Crippen molar-refractivity contribution >= 4 is 22.1 Å². The van der Waals surface area contributed by atoms with E-state index in [0.29, 0.717) is 12.1 Å². The number of oxime groups is 1. The van der Waals surface area contributed by atoms with Gasteiger partial charge in [0.25, 0.3) is 0 Å². The quantitative estimate of drug-likeness (QED) is 0.663. The van der Waals surface area contributed by atoms with E-state index < -0.39 is 0 Å². The molecule has 1 saturated heterocycles. The SMILES string of the molecule is CCC(=NOC)C1=C(c2ccc3ccccc3c2)CC2CC[C@H]1N2. The van der Waals surface area contributed by atoms with Gasteiger partial charge in [0.1, 0.15) is 7.11 Å². The molecule has 0 amide bonds. The summed E-state index contributed by atoms with van der Waals surface area (Å²) in [5.74, 6) is 0. The van der Waals surface area contributed by atoms with Crippen molar-refractivity contribution in [2.45, 2.75) is 44.7 Å². The molecule has 1 unspecified atom stereocenters. The van der Waals surface area contributed by atoms with Crippen LogP contribution in [0.2, 0.25) is 0 Å². The number of rotatable bonds is 4. The van der Waals surface area contributed by atoms with Crippen LogP contribution in [0.5, 0.6) is 0 Å². The largest absolute Gasteiger partial charge is 0.399 e. The molecular weight excluding hydrogens is 296 g/mol. The molecule has 1 fully saturated rings. The van der Waals surface area contributed by atoms with Crippen LogP contribution in [0.4, 0.5) is 0 Å². The van der Waals surface area contributed by atoms with Crippen LogP contribution in [-0.4, -0.2) is 24.9 Å². The minimum Gasteiger partial charge on any atom is -0.399 e.